The molecule has 25 heavy (non-hydrogen) atoms. The van der Waals surface area contributed by atoms with Crippen molar-refractivity contribution in [1.82, 2.24) is 9.88 Å². The Hall–Kier alpha value is -1.82. The van der Waals surface area contributed by atoms with Crippen LogP contribution in [0.15, 0.2) is 12.1 Å². The maximum atomic E-state index is 12.7. The third kappa shape index (κ3) is 3.73. The predicted octanol–water partition coefficient (Wildman–Crippen LogP) is 3.79. The summed E-state index contributed by atoms with van der Waals surface area (Å²) in [4.78, 5) is 26.4. The van der Waals surface area contributed by atoms with E-state index in [4.69, 9.17) is 4.74 Å². The number of fused-ring (bicyclic) bond motifs is 1. The molecule has 1 atom stereocenters. The number of thiophene rings is 1. The van der Waals surface area contributed by atoms with E-state index in [1.54, 1.807) is 11.3 Å². The first kappa shape index (κ1) is 18.0. The van der Waals surface area contributed by atoms with Crippen LogP contribution >= 0.6 is 11.3 Å². The predicted molar refractivity (Wildman–Crippen MR) is 100.0 cm³/mol. The van der Waals surface area contributed by atoms with Gasteiger partial charge in [-0.3, -0.25) is 4.79 Å². The van der Waals surface area contributed by atoms with Gasteiger partial charge in [0, 0.05) is 18.0 Å². The molecule has 3 rings (SSSR count). The lowest BCUT2D eigenvalue weighted by Gasteiger charge is -2.23. The molecule has 2 aromatic heterocycles. The minimum Gasteiger partial charge on any atom is -0.447 e. The molecular weight excluding hydrogens is 336 g/mol. The monoisotopic (exact) mass is 362 g/mol. The number of rotatable bonds is 5. The van der Waals surface area contributed by atoms with Crippen molar-refractivity contribution in [2.24, 2.45) is 13.0 Å². The Morgan fingerprint density at radius 2 is 1.96 bits per heavy atom. The fourth-order valence-corrected chi connectivity index (χ4v) is 4.44. The first-order chi connectivity index (χ1) is 11.9. The van der Waals surface area contributed by atoms with Gasteiger partial charge in [0.25, 0.3) is 5.91 Å². The number of carbonyl (C=O) groups is 2. The van der Waals surface area contributed by atoms with Crippen LogP contribution in [0, 0.1) is 12.8 Å². The van der Waals surface area contributed by atoms with Crippen LogP contribution in [0.3, 0.4) is 0 Å². The highest BCUT2D eigenvalue weighted by atomic mass is 32.1. The van der Waals surface area contributed by atoms with Crippen molar-refractivity contribution in [2.45, 2.75) is 58.6 Å². The quantitative estimate of drug-likeness (QED) is 0.823. The zero-order valence-electron chi connectivity index (χ0n) is 15.3. The average Bonchev–Trinajstić information content (AvgIpc) is 3.23. The third-order valence-electron chi connectivity index (χ3n) is 4.86. The average molecular weight is 362 g/mol. The van der Waals surface area contributed by atoms with E-state index in [9.17, 15) is 9.59 Å². The van der Waals surface area contributed by atoms with Gasteiger partial charge in [-0.1, -0.05) is 26.7 Å². The van der Waals surface area contributed by atoms with Gasteiger partial charge in [0.2, 0.25) is 0 Å². The van der Waals surface area contributed by atoms with Crippen LogP contribution in [0.2, 0.25) is 0 Å². The molecule has 0 radical (unpaired) electrons. The lowest BCUT2D eigenvalue weighted by molar-refractivity contribution is -0.132. The second kappa shape index (κ2) is 7.20. The van der Waals surface area contributed by atoms with E-state index in [1.165, 1.54) is 4.88 Å². The van der Waals surface area contributed by atoms with E-state index in [1.807, 2.05) is 38.5 Å². The number of nitrogens with zero attached hydrogens (tertiary/aromatic N) is 1. The van der Waals surface area contributed by atoms with Crippen molar-refractivity contribution in [3.05, 3.63) is 22.7 Å². The number of hydrogen-bond acceptors (Lipinski definition) is 4. The summed E-state index contributed by atoms with van der Waals surface area (Å²) in [6, 6.07) is 4.13. The van der Waals surface area contributed by atoms with Gasteiger partial charge in [0.15, 0.2) is 6.10 Å². The van der Waals surface area contributed by atoms with Gasteiger partial charge >= 0.3 is 5.97 Å². The van der Waals surface area contributed by atoms with Crippen molar-refractivity contribution in [3.8, 4) is 0 Å². The Balaban J connectivity index is 1.74. The second-order valence-corrected chi connectivity index (χ2v) is 8.54. The Morgan fingerprint density at radius 3 is 2.56 bits per heavy atom. The van der Waals surface area contributed by atoms with Crippen LogP contribution in [0.1, 0.15) is 54.9 Å². The van der Waals surface area contributed by atoms with Gasteiger partial charge < -0.3 is 14.6 Å². The van der Waals surface area contributed by atoms with Crippen LogP contribution in [-0.2, 0) is 16.6 Å². The summed E-state index contributed by atoms with van der Waals surface area (Å²) in [5.74, 6) is -0.695. The largest absolute Gasteiger partial charge is 0.447 e. The molecule has 1 fully saturated rings. The summed E-state index contributed by atoms with van der Waals surface area (Å²) in [6.45, 7) is 5.85. The SMILES string of the molecule is Cc1cc2c(cc(C(=O)OC(C(=O)NC3CCCC3)C(C)C)n2C)s1. The van der Waals surface area contributed by atoms with E-state index in [2.05, 4.69) is 11.4 Å². The van der Waals surface area contributed by atoms with E-state index < -0.39 is 12.1 Å². The summed E-state index contributed by atoms with van der Waals surface area (Å²) in [5.41, 5.74) is 1.51. The van der Waals surface area contributed by atoms with Gasteiger partial charge in [-0.05, 0) is 37.8 Å². The molecule has 0 aromatic carbocycles. The van der Waals surface area contributed by atoms with Crippen molar-refractivity contribution >= 4 is 33.4 Å². The Kier molecular flexibility index (Phi) is 5.18. The number of aryl methyl sites for hydroxylation is 2. The van der Waals surface area contributed by atoms with E-state index >= 15 is 0 Å². The number of aromatic nitrogens is 1. The lowest BCUT2D eigenvalue weighted by atomic mass is 10.1. The molecular formula is C19H26N2O3S. The minimum atomic E-state index is -0.761. The van der Waals surface area contributed by atoms with Crippen molar-refractivity contribution in [1.29, 1.82) is 0 Å². The highest BCUT2D eigenvalue weighted by molar-refractivity contribution is 7.19. The van der Waals surface area contributed by atoms with E-state index in [0.29, 0.717) is 5.69 Å². The zero-order valence-corrected chi connectivity index (χ0v) is 16.1. The van der Waals surface area contributed by atoms with Crippen LogP contribution < -0.4 is 5.32 Å². The molecule has 1 N–H and O–H groups in total. The van der Waals surface area contributed by atoms with E-state index in [0.717, 1.165) is 35.9 Å². The zero-order chi connectivity index (χ0) is 18.1. The fourth-order valence-electron chi connectivity index (χ4n) is 3.45. The van der Waals surface area contributed by atoms with Gasteiger partial charge in [-0.25, -0.2) is 4.79 Å². The fraction of sp³-hybridized carbons (Fsp3) is 0.579. The molecule has 5 nitrogen and oxygen atoms in total. The molecule has 136 valence electrons. The number of amides is 1. The molecule has 2 heterocycles. The lowest BCUT2D eigenvalue weighted by Crippen LogP contribution is -2.44. The third-order valence-corrected chi connectivity index (χ3v) is 5.85. The highest BCUT2D eigenvalue weighted by Crippen LogP contribution is 2.28. The standard InChI is InChI=1S/C19H26N2O3S/c1-11(2)17(18(22)20-13-7-5-6-8-13)24-19(23)15-10-16-14(21(15)4)9-12(3)25-16/h9-11,13,17H,5-8H2,1-4H3,(H,20,22). The first-order valence-electron chi connectivity index (χ1n) is 8.94. The van der Waals surface area contributed by atoms with Crippen molar-refractivity contribution < 1.29 is 14.3 Å². The van der Waals surface area contributed by atoms with Crippen LogP contribution in [0.4, 0.5) is 0 Å². The molecule has 1 aliphatic rings. The van der Waals surface area contributed by atoms with Gasteiger partial charge in [0.1, 0.15) is 5.69 Å². The van der Waals surface area contributed by atoms with E-state index in [-0.39, 0.29) is 17.9 Å². The van der Waals surface area contributed by atoms with Crippen molar-refractivity contribution in [2.75, 3.05) is 0 Å². The van der Waals surface area contributed by atoms with Crippen LogP contribution in [-0.4, -0.2) is 28.6 Å². The summed E-state index contributed by atoms with van der Waals surface area (Å²) >= 11 is 1.65. The van der Waals surface area contributed by atoms with Crippen LogP contribution in [0.25, 0.3) is 10.2 Å². The molecule has 2 aromatic rings. The first-order valence-corrected chi connectivity index (χ1v) is 9.75. The normalized spacial score (nSPS) is 16.5. The molecule has 1 saturated carbocycles. The Bertz CT molecular complexity index is 784. The van der Waals surface area contributed by atoms with Crippen LogP contribution in [0.5, 0.6) is 0 Å². The molecule has 1 unspecified atom stereocenters. The number of hydrogen-bond donors (Lipinski definition) is 1. The van der Waals surface area contributed by atoms with Gasteiger partial charge in [0.05, 0.1) is 10.2 Å². The summed E-state index contributed by atoms with van der Waals surface area (Å²) in [5, 5.41) is 3.04. The maximum absolute atomic E-state index is 12.7. The van der Waals surface area contributed by atoms with Gasteiger partial charge in [-0.2, -0.15) is 0 Å². The summed E-state index contributed by atoms with van der Waals surface area (Å²) in [6.07, 6.45) is 3.56. The molecule has 0 bridgehead atoms. The maximum Gasteiger partial charge on any atom is 0.355 e. The summed E-state index contributed by atoms with van der Waals surface area (Å²) < 4.78 is 8.51. The number of carbonyl (C=O) groups excluding carboxylic acids is 2. The molecule has 0 spiro atoms. The number of esters is 1. The topological polar surface area (TPSA) is 60.3 Å². The van der Waals surface area contributed by atoms with Crippen molar-refractivity contribution in [3.63, 3.8) is 0 Å². The number of ether oxygens (including phenoxy) is 1. The molecule has 0 aliphatic heterocycles. The molecule has 0 saturated heterocycles. The smallest absolute Gasteiger partial charge is 0.355 e. The Labute approximate surface area is 152 Å². The Morgan fingerprint density at radius 1 is 1.28 bits per heavy atom. The molecule has 6 heteroatoms. The molecule has 1 aliphatic carbocycles. The minimum absolute atomic E-state index is 0.0750. The highest BCUT2D eigenvalue weighted by Gasteiger charge is 2.30. The molecule has 1 amide bonds. The summed E-state index contributed by atoms with van der Waals surface area (Å²) in [7, 11) is 1.86. The van der Waals surface area contributed by atoms with Gasteiger partial charge in [-0.15, -0.1) is 11.3 Å². The number of nitrogens with one attached hydrogen (secondary N) is 1. The second-order valence-electron chi connectivity index (χ2n) is 7.26.